The smallest absolute Gasteiger partial charge is 0.227 e. The molecule has 1 N–H and O–H groups in total. The number of hydrogen-bond acceptors (Lipinski definition) is 3. The van der Waals surface area contributed by atoms with Crippen molar-refractivity contribution in [3.05, 3.63) is 29.6 Å². The van der Waals surface area contributed by atoms with Gasteiger partial charge in [-0.2, -0.15) is 0 Å². The zero-order valence-corrected chi connectivity index (χ0v) is 9.81. The maximum atomic E-state index is 11.8. The van der Waals surface area contributed by atoms with Gasteiger partial charge >= 0.3 is 0 Å². The lowest BCUT2D eigenvalue weighted by molar-refractivity contribution is -0.130. The fourth-order valence-corrected chi connectivity index (χ4v) is 1.47. The third-order valence-electron chi connectivity index (χ3n) is 2.43. The number of amides is 1. The number of carbonyl (C=O) groups is 1. The minimum atomic E-state index is 0.00568. The van der Waals surface area contributed by atoms with Crippen molar-refractivity contribution in [2.45, 2.75) is 20.3 Å². The Labute approximate surface area is 95.9 Å². The molecule has 88 valence electrons. The van der Waals surface area contributed by atoms with Crippen molar-refractivity contribution in [2.24, 2.45) is 0 Å². The summed E-state index contributed by atoms with van der Waals surface area (Å²) in [5.74, 6) is 0.0298. The monoisotopic (exact) mass is 222 g/mol. The first-order chi connectivity index (χ1) is 7.67. The van der Waals surface area contributed by atoms with Gasteiger partial charge in [0.15, 0.2) is 0 Å². The number of carbonyl (C=O) groups excluding carboxylic acids is 1. The molecular formula is C12H18N2O2. The Morgan fingerprint density at radius 3 is 2.75 bits per heavy atom. The average Bonchev–Trinajstić information content (AvgIpc) is 2.29. The van der Waals surface area contributed by atoms with Gasteiger partial charge in [0.2, 0.25) is 5.91 Å². The number of aliphatic hydroxyl groups is 1. The Kier molecular flexibility index (Phi) is 4.92. The van der Waals surface area contributed by atoms with Crippen LogP contribution in [0.25, 0.3) is 0 Å². The Morgan fingerprint density at radius 2 is 2.25 bits per heavy atom. The molecule has 1 rings (SSSR count). The number of aliphatic hydroxyl groups excluding tert-OH is 1. The molecule has 0 atom stereocenters. The van der Waals surface area contributed by atoms with Gasteiger partial charge in [-0.25, -0.2) is 0 Å². The first-order valence-corrected chi connectivity index (χ1v) is 5.47. The summed E-state index contributed by atoms with van der Waals surface area (Å²) in [7, 11) is 0. The summed E-state index contributed by atoms with van der Waals surface area (Å²) in [6, 6.07) is 3.80. The molecule has 4 heteroatoms. The molecule has 0 radical (unpaired) electrons. The Bertz CT molecular complexity index is 335. The van der Waals surface area contributed by atoms with E-state index in [1.54, 1.807) is 11.1 Å². The second kappa shape index (κ2) is 6.23. The van der Waals surface area contributed by atoms with Gasteiger partial charge < -0.3 is 10.0 Å². The summed E-state index contributed by atoms with van der Waals surface area (Å²) in [5.41, 5.74) is 1.85. The van der Waals surface area contributed by atoms with Crippen LogP contribution >= 0.6 is 0 Å². The highest BCUT2D eigenvalue weighted by Crippen LogP contribution is 2.03. The van der Waals surface area contributed by atoms with Gasteiger partial charge in [0, 0.05) is 25.0 Å². The van der Waals surface area contributed by atoms with Gasteiger partial charge in [-0.3, -0.25) is 9.78 Å². The van der Waals surface area contributed by atoms with E-state index in [1.165, 1.54) is 0 Å². The lowest BCUT2D eigenvalue weighted by Gasteiger charge is -2.19. The van der Waals surface area contributed by atoms with E-state index in [0.717, 1.165) is 11.3 Å². The van der Waals surface area contributed by atoms with Crippen LogP contribution in [-0.4, -0.2) is 40.6 Å². The number of likely N-dealkylation sites (N-methyl/N-ethyl adjacent to an activating group) is 1. The van der Waals surface area contributed by atoms with Gasteiger partial charge in [0.1, 0.15) is 0 Å². The van der Waals surface area contributed by atoms with Crippen molar-refractivity contribution in [3.8, 4) is 0 Å². The topological polar surface area (TPSA) is 53.4 Å². The largest absolute Gasteiger partial charge is 0.395 e. The van der Waals surface area contributed by atoms with E-state index in [4.69, 9.17) is 5.11 Å². The SMILES string of the molecule is CCN(CCO)C(=O)Cc1ccc(C)nc1. The van der Waals surface area contributed by atoms with Crippen LogP contribution in [0.5, 0.6) is 0 Å². The van der Waals surface area contributed by atoms with Crippen LogP contribution in [0.3, 0.4) is 0 Å². The van der Waals surface area contributed by atoms with Gasteiger partial charge in [-0.05, 0) is 25.5 Å². The van der Waals surface area contributed by atoms with Crippen LogP contribution in [0.1, 0.15) is 18.2 Å². The molecule has 1 amide bonds. The van der Waals surface area contributed by atoms with Crippen molar-refractivity contribution >= 4 is 5.91 Å². The summed E-state index contributed by atoms with van der Waals surface area (Å²) < 4.78 is 0. The molecule has 0 unspecified atom stereocenters. The molecule has 0 aromatic carbocycles. The number of hydrogen-bond donors (Lipinski definition) is 1. The molecule has 0 aliphatic rings. The molecular weight excluding hydrogens is 204 g/mol. The normalized spacial score (nSPS) is 10.2. The summed E-state index contributed by atoms with van der Waals surface area (Å²) in [6.45, 7) is 4.84. The van der Waals surface area contributed by atoms with Crippen molar-refractivity contribution in [2.75, 3.05) is 19.7 Å². The van der Waals surface area contributed by atoms with E-state index < -0.39 is 0 Å². The Hall–Kier alpha value is -1.42. The second-order valence-corrected chi connectivity index (χ2v) is 3.68. The van der Waals surface area contributed by atoms with Crippen LogP contribution in [0.4, 0.5) is 0 Å². The van der Waals surface area contributed by atoms with E-state index in [-0.39, 0.29) is 12.5 Å². The van der Waals surface area contributed by atoms with Crippen molar-refractivity contribution in [3.63, 3.8) is 0 Å². The molecule has 0 spiro atoms. The molecule has 16 heavy (non-hydrogen) atoms. The molecule has 1 aromatic heterocycles. The zero-order valence-electron chi connectivity index (χ0n) is 9.81. The average molecular weight is 222 g/mol. The number of pyridine rings is 1. The molecule has 0 saturated carbocycles. The van der Waals surface area contributed by atoms with Gasteiger partial charge in [0.05, 0.1) is 13.0 Å². The number of aromatic nitrogens is 1. The molecule has 0 aliphatic heterocycles. The predicted molar refractivity (Wildman–Crippen MR) is 62.0 cm³/mol. The highest BCUT2D eigenvalue weighted by atomic mass is 16.3. The van der Waals surface area contributed by atoms with E-state index in [1.807, 2.05) is 26.0 Å². The fraction of sp³-hybridized carbons (Fsp3) is 0.500. The first kappa shape index (κ1) is 12.6. The van der Waals surface area contributed by atoms with Crippen LogP contribution < -0.4 is 0 Å². The van der Waals surface area contributed by atoms with Crippen LogP contribution in [0.15, 0.2) is 18.3 Å². The quantitative estimate of drug-likeness (QED) is 0.800. The number of nitrogens with zero attached hydrogens (tertiary/aromatic N) is 2. The standard InChI is InChI=1S/C12H18N2O2/c1-3-14(6-7-15)12(16)8-11-5-4-10(2)13-9-11/h4-5,9,15H,3,6-8H2,1-2H3. The molecule has 0 fully saturated rings. The van der Waals surface area contributed by atoms with Gasteiger partial charge in [-0.1, -0.05) is 6.07 Å². The molecule has 1 aromatic rings. The van der Waals surface area contributed by atoms with Crippen LogP contribution in [-0.2, 0) is 11.2 Å². The highest BCUT2D eigenvalue weighted by molar-refractivity contribution is 5.78. The van der Waals surface area contributed by atoms with Crippen molar-refractivity contribution < 1.29 is 9.90 Å². The van der Waals surface area contributed by atoms with E-state index in [0.29, 0.717) is 19.5 Å². The van der Waals surface area contributed by atoms with E-state index in [2.05, 4.69) is 4.98 Å². The second-order valence-electron chi connectivity index (χ2n) is 3.68. The maximum absolute atomic E-state index is 11.8. The van der Waals surface area contributed by atoms with Crippen molar-refractivity contribution in [1.29, 1.82) is 0 Å². The van der Waals surface area contributed by atoms with Gasteiger partial charge in [0.25, 0.3) is 0 Å². The van der Waals surface area contributed by atoms with E-state index in [9.17, 15) is 4.79 Å². The number of aryl methyl sites for hydroxylation is 1. The summed E-state index contributed by atoms with van der Waals surface area (Å²) >= 11 is 0. The summed E-state index contributed by atoms with van der Waals surface area (Å²) in [6.07, 6.45) is 2.07. The lowest BCUT2D eigenvalue weighted by atomic mass is 10.2. The third kappa shape index (κ3) is 3.62. The maximum Gasteiger partial charge on any atom is 0.227 e. The lowest BCUT2D eigenvalue weighted by Crippen LogP contribution is -2.34. The third-order valence-corrected chi connectivity index (χ3v) is 2.43. The fourth-order valence-electron chi connectivity index (χ4n) is 1.47. The minimum absolute atomic E-state index is 0.00568. The minimum Gasteiger partial charge on any atom is -0.395 e. The summed E-state index contributed by atoms with van der Waals surface area (Å²) in [5, 5.41) is 8.81. The molecule has 4 nitrogen and oxygen atoms in total. The van der Waals surface area contributed by atoms with Crippen LogP contribution in [0, 0.1) is 6.92 Å². The Morgan fingerprint density at radius 1 is 1.50 bits per heavy atom. The molecule has 0 saturated heterocycles. The molecule has 1 heterocycles. The first-order valence-electron chi connectivity index (χ1n) is 5.47. The van der Waals surface area contributed by atoms with Crippen molar-refractivity contribution in [1.82, 2.24) is 9.88 Å². The predicted octanol–water partition coefficient (Wildman–Crippen LogP) is 0.773. The highest BCUT2D eigenvalue weighted by Gasteiger charge is 2.11. The van der Waals surface area contributed by atoms with Crippen LogP contribution in [0.2, 0.25) is 0 Å². The Balaban J connectivity index is 2.59. The molecule has 0 bridgehead atoms. The summed E-state index contributed by atoms with van der Waals surface area (Å²) in [4.78, 5) is 17.6. The van der Waals surface area contributed by atoms with E-state index >= 15 is 0 Å². The molecule has 0 aliphatic carbocycles. The van der Waals surface area contributed by atoms with Gasteiger partial charge in [-0.15, -0.1) is 0 Å². The zero-order chi connectivity index (χ0) is 12.0. The number of rotatable bonds is 5.